The second kappa shape index (κ2) is 4.60. The number of hydrogen-bond donors (Lipinski definition) is 1. The highest BCUT2D eigenvalue weighted by molar-refractivity contribution is 5.99. The lowest BCUT2D eigenvalue weighted by Crippen LogP contribution is -2.51. The van der Waals surface area contributed by atoms with E-state index in [1.54, 1.807) is 0 Å². The molecule has 2 aromatic carbocycles. The average Bonchev–Trinajstić information content (AvgIpc) is 2.72. The highest BCUT2D eigenvalue weighted by atomic mass is 16.2. The number of nitrogens with zero attached hydrogens (tertiary/aromatic N) is 1. The molecule has 0 radical (unpaired) electrons. The van der Waals surface area contributed by atoms with Gasteiger partial charge in [0, 0.05) is 18.2 Å². The molecule has 3 rings (SSSR count). The first-order valence-electron chi connectivity index (χ1n) is 7.06. The minimum Gasteiger partial charge on any atom is -0.332 e. The van der Waals surface area contributed by atoms with Crippen molar-refractivity contribution in [3.63, 3.8) is 0 Å². The Hall–Kier alpha value is -1.87. The minimum atomic E-state index is -0.275. The quantitative estimate of drug-likeness (QED) is 0.864. The van der Waals surface area contributed by atoms with E-state index in [2.05, 4.69) is 6.07 Å². The maximum Gasteiger partial charge on any atom is 0.254 e. The van der Waals surface area contributed by atoms with Crippen LogP contribution in [0.25, 0.3) is 10.8 Å². The first kappa shape index (κ1) is 13.1. The summed E-state index contributed by atoms with van der Waals surface area (Å²) in [6.07, 6.45) is 0.867. The topological polar surface area (TPSA) is 46.3 Å². The Morgan fingerprint density at radius 2 is 1.90 bits per heavy atom. The fraction of sp³-hybridized carbons (Fsp3) is 0.353. The molecule has 0 aromatic heterocycles. The van der Waals surface area contributed by atoms with Crippen LogP contribution >= 0.6 is 0 Å². The maximum absolute atomic E-state index is 12.7. The van der Waals surface area contributed by atoms with Crippen LogP contribution in [0.1, 0.15) is 30.6 Å². The van der Waals surface area contributed by atoms with Gasteiger partial charge in [-0.1, -0.05) is 30.3 Å². The second-order valence-corrected chi connectivity index (χ2v) is 6.07. The zero-order chi connectivity index (χ0) is 14.3. The molecule has 1 fully saturated rings. The monoisotopic (exact) mass is 268 g/mol. The summed E-state index contributed by atoms with van der Waals surface area (Å²) in [6, 6.07) is 14.0. The summed E-state index contributed by atoms with van der Waals surface area (Å²) in [4.78, 5) is 14.6. The molecule has 1 aliphatic heterocycles. The Labute approximate surface area is 119 Å². The van der Waals surface area contributed by atoms with Crippen molar-refractivity contribution in [1.29, 1.82) is 0 Å². The van der Waals surface area contributed by atoms with Crippen LogP contribution in [0.2, 0.25) is 0 Å². The molecule has 1 heterocycles. The minimum absolute atomic E-state index is 0.0481. The zero-order valence-electron chi connectivity index (χ0n) is 12.0. The molecule has 2 N–H and O–H groups in total. The lowest BCUT2D eigenvalue weighted by molar-refractivity contribution is 0.0637. The molecule has 1 atom stereocenters. The molecular formula is C17H20N2O. The fourth-order valence-electron chi connectivity index (χ4n) is 2.95. The SMILES string of the molecule is CC1(C)C(N)CCN1C(=O)c1ccc2ccccc2c1. The van der Waals surface area contributed by atoms with Gasteiger partial charge in [0.15, 0.2) is 0 Å². The Morgan fingerprint density at radius 1 is 1.20 bits per heavy atom. The van der Waals surface area contributed by atoms with E-state index >= 15 is 0 Å². The smallest absolute Gasteiger partial charge is 0.254 e. The highest BCUT2D eigenvalue weighted by Crippen LogP contribution is 2.29. The van der Waals surface area contributed by atoms with Crippen LogP contribution in [0.4, 0.5) is 0 Å². The number of nitrogens with two attached hydrogens (primary N) is 1. The number of likely N-dealkylation sites (tertiary alicyclic amines) is 1. The molecule has 1 saturated heterocycles. The lowest BCUT2D eigenvalue weighted by Gasteiger charge is -2.34. The fourth-order valence-corrected chi connectivity index (χ4v) is 2.95. The summed E-state index contributed by atoms with van der Waals surface area (Å²) in [6.45, 7) is 4.83. The van der Waals surface area contributed by atoms with Gasteiger partial charge >= 0.3 is 0 Å². The largest absolute Gasteiger partial charge is 0.332 e. The van der Waals surface area contributed by atoms with Crippen molar-refractivity contribution in [2.45, 2.75) is 31.8 Å². The van der Waals surface area contributed by atoms with Gasteiger partial charge in [0.1, 0.15) is 0 Å². The summed E-state index contributed by atoms with van der Waals surface area (Å²) >= 11 is 0. The van der Waals surface area contributed by atoms with Crippen molar-refractivity contribution in [3.8, 4) is 0 Å². The molecular weight excluding hydrogens is 248 g/mol. The van der Waals surface area contributed by atoms with Crippen molar-refractivity contribution < 1.29 is 4.79 Å². The van der Waals surface area contributed by atoms with Crippen molar-refractivity contribution in [2.75, 3.05) is 6.54 Å². The van der Waals surface area contributed by atoms with Crippen molar-refractivity contribution in [3.05, 3.63) is 48.0 Å². The summed E-state index contributed by atoms with van der Waals surface area (Å²) in [7, 11) is 0. The first-order chi connectivity index (χ1) is 9.50. The van der Waals surface area contributed by atoms with Gasteiger partial charge in [-0.25, -0.2) is 0 Å². The third-order valence-corrected chi connectivity index (χ3v) is 4.51. The number of carbonyl (C=O) groups is 1. The van der Waals surface area contributed by atoms with E-state index in [0.29, 0.717) is 0 Å². The normalized spacial score (nSPS) is 21.4. The molecule has 0 spiro atoms. The van der Waals surface area contributed by atoms with Crippen LogP contribution < -0.4 is 5.73 Å². The Bertz CT molecular complexity index is 663. The molecule has 1 aliphatic rings. The number of rotatable bonds is 1. The van der Waals surface area contributed by atoms with E-state index in [-0.39, 0.29) is 17.5 Å². The van der Waals surface area contributed by atoms with Gasteiger partial charge in [-0.2, -0.15) is 0 Å². The molecule has 3 nitrogen and oxygen atoms in total. The van der Waals surface area contributed by atoms with E-state index in [4.69, 9.17) is 5.73 Å². The summed E-state index contributed by atoms with van der Waals surface area (Å²) in [5.41, 5.74) is 6.58. The van der Waals surface area contributed by atoms with Crippen LogP contribution in [0.5, 0.6) is 0 Å². The molecule has 1 amide bonds. The van der Waals surface area contributed by atoms with Crippen LogP contribution in [-0.4, -0.2) is 28.9 Å². The van der Waals surface area contributed by atoms with Crippen LogP contribution in [0, 0.1) is 0 Å². The van der Waals surface area contributed by atoms with Gasteiger partial charge in [-0.05, 0) is 43.2 Å². The van der Waals surface area contributed by atoms with E-state index in [1.807, 2.05) is 55.1 Å². The van der Waals surface area contributed by atoms with Gasteiger partial charge in [0.05, 0.1) is 5.54 Å². The van der Waals surface area contributed by atoms with Gasteiger partial charge in [-0.15, -0.1) is 0 Å². The second-order valence-electron chi connectivity index (χ2n) is 6.07. The molecule has 104 valence electrons. The average molecular weight is 268 g/mol. The van der Waals surface area contributed by atoms with Crippen LogP contribution in [0.3, 0.4) is 0 Å². The third-order valence-electron chi connectivity index (χ3n) is 4.51. The maximum atomic E-state index is 12.7. The number of amides is 1. The van der Waals surface area contributed by atoms with Crippen molar-refractivity contribution in [2.24, 2.45) is 5.73 Å². The van der Waals surface area contributed by atoms with Crippen LogP contribution in [0.15, 0.2) is 42.5 Å². The highest BCUT2D eigenvalue weighted by Gasteiger charge is 2.41. The Kier molecular flexibility index (Phi) is 3.02. The predicted octanol–water partition coefficient (Wildman–Crippen LogP) is 2.79. The van der Waals surface area contributed by atoms with E-state index in [0.717, 1.165) is 29.3 Å². The molecule has 0 bridgehead atoms. The molecule has 0 aliphatic carbocycles. The lowest BCUT2D eigenvalue weighted by atomic mass is 9.96. The molecule has 0 saturated carbocycles. The van der Waals surface area contributed by atoms with Gasteiger partial charge in [0.25, 0.3) is 5.91 Å². The van der Waals surface area contributed by atoms with E-state index < -0.39 is 0 Å². The number of fused-ring (bicyclic) bond motifs is 1. The molecule has 2 aromatic rings. The van der Waals surface area contributed by atoms with Crippen molar-refractivity contribution in [1.82, 2.24) is 4.90 Å². The summed E-state index contributed by atoms with van der Waals surface area (Å²) in [5, 5.41) is 2.25. The number of hydrogen-bond acceptors (Lipinski definition) is 2. The summed E-state index contributed by atoms with van der Waals surface area (Å²) in [5.74, 6) is 0.0775. The third kappa shape index (κ3) is 1.98. The summed E-state index contributed by atoms with van der Waals surface area (Å²) < 4.78 is 0. The molecule has 20 heavy (non-hydrogen) atoms. The Morgan fingerprint density at radius 3 is 2.55 bits per heavy atom. The number of carbonyl (C=O) groups excluding carboxylic acids is 1. The molecule has 3 heteroatoms. The van der Waals surface area contributed by atoms with Gasteiger partial charge in [0.2, 0.25) is 0 Å². The first-order valence-corrected chi connectivity index (χ1v) is 7.06. The molecule has 1 unspecified atom stereocenters. The number of benzene rings is 2. The van der Waals surface area contributed by atoms with Crippen molar-refractivity contribution >= 4 is 16.7 Å². The predicted molar refractivity (Wildman–Crippen MR) is 81.7 cm³/mol. The van der Waals surface area contributed by atoms with Crippen LogP contribution in [-0.2, 0) is 0 Å². The van der Waals surface area contributed by atoms with Gasteiger partial charge < -0.3 is 10.6 Å². The standard InChI is InChI=1S/C17H20N2O/c1-17(2)15(18)9-10-19(17)16(20)14-8-7-12-5-3-4-6-13(12)11-14/h3-8,11,15H,9-10,18H2,1-2H3. The van der Waals surface area contributed by atoms with Gasteiger partial charge in [-0.3, -0.25) is 4.79 Å². The van der Waals surface area contributed by atoms with E-state index in [9.17, 15) is 4.79 Å². The van der Waals surface area contributed by atoms with E-state index in [1.165, 1.54) is 0 Å². The zero-order valence-corrected chi connectivity index (χ0v) is 12.0. The Balaban J connectivity index is 1.97.